The molecular formula is C14H23NOS. The summed E-state index contributed by atoms with van der Waals surface area (Å²) in [5, 5.41) is 12.8. The van der Waals surface area contributed by atoms with Gasteiger partial charge in [0.25, 0.3) is 0 Å². The van der Waals surface area contributed by atoms with E-state index in [1.54, 1.807) is 11.8 Å². The molecule has 0 radical (unpaired) electrons. The van der Waals surface area contributed by atoms with Crippen molar-refractivity contribution in [1.82, 2.24) is 5.32 Å². The Morgan fingerprint density at radius 2 is 2.00 bits per heavy atom. The molecule has 1 unspecified atom stereocenters. The van der Waals surface area contributed by atoms with Gasteiger partial charge in [0.05, 0.1) is 6.61 Å². The van der Waals surface area contributed by atoms with Gasteiger partial charge in [0.1, 0.15) is 0 Å². The van der Waals surface area contributed by atoms with E-state index in [1.807, 2.05) is 0 Å². The zero-order valence-electron chi connectivity index (χ0n) is 11.2. The van der Waals surface area contributed by atoms with E-state index in [2.05, 4.69) is 51.2 Å². The average Bonchev–Trinajstić information content (AvgIpc) is 2.31. The lowest BCUT2D eigenvalue weighted by Crippen LogP contribution is -2.47. The minimum absolute atomic E-state index is 0.165. The number of hydrogen-bond donors (Lipinski definition) is 2. The van der Waals surface area contributed by atoms with Crippen molar-refractivity contribution in [3.63, 3.8) is 0 Å². The monoisotopic (exact) mass is 253 g/mol. The van der Waals surface area contributed by atoms with Crippen LogP contribution in [-0.4, -0.2) is 29.5 Å². The molecule has 0 aliphatic rings. The van der Waals surface area contributed by atoms with Crippen molar-refractivity contribution in [3.8, 4) is 0 Å². The van der Waals surface area contributed by atoms with E-state index in [0.29, 0.717) is 0 Å². The van der Waals surface area contributed by atoms with E-state index in [0.717, 1.165) is 12.3 Å². The van der Waals surface area contributed by atoms with Gasteiger partial charge >= 0.3 is 0 Å². The fourth-order valence-corrected chi connectivity index (χ4v) is 2.73. The Bertz CT molecular complexity index is 367. The first-order chi connectivity index (χ1) is 8.00. The maximum atomic E-state index is 9.42. The molecule has 0 heterocycles. The van der Waals surface area contributed by atoms with Crippen molar-refractivity contribution in [2.24, 2.45) is 0 Å². The molecule has 2 nitrogen and oxygen atoms in total. The highest BCUT2D eigenvalue weighted by Crippen LogP contribution is 2.24. The molecule has 0 saturated carbocycles. The normalized spacial score (nSPS) is 14.6. The number of benzene rings is 1. The molecule has 0 aliphatic carbocycles. The third kappa shape index (κ3) is 4.34. The van der Waals surface area contributed by atoms with Crippen LogP contribution >= 0.6 is 11.8 Å². The molecule has 0 aliphatic heterocycles. The fourth-order valence-electron chi connectivity index (χ4n) is 1.63. The first-order valence-corrected chi connectivity index (χ1v) is 7.05. The van der Waals surface area contributed by atoms with Gasteiger partial charge in [0.2, 0.25) is 0 Å². The van der Waals surface area contributed by atoms with Gasteiger partial charge in [-0.25, -0.2) is 0 Å². The Hall–Kier alpha value is -0.510. The van der Waals surface area contributed by atoms with E-state index >= 15 is 0 Å². The van der Waals surface area contributed by atoms with Crippen molar-refractivity contribution in [1.29, 1.82) is 0 Å². The Morgan fingerprint density at radius 3 is 2.53 bits per heavy atom. The predicted molar refractivity (Wildman–Crippen MR) is 75.8 cm³/mol. The first kappa shape index (κ1) is 14.6. The molecule has 0 saturated heterocycles. The van der Waals surface area contributed by atoms with Crippen molar-refractivity contribution in [3.05, 3.63) is 29.3 Å². The first-order valence-electron chi connectivity index (χ1n) is 6.06. The Kier molecular flexibility index (Phi) is 5.50. The molecule has 0 spiro atoms. The van der Waals surface area contributed by atoms with Gasteiger partial charge in [0.15, 0.2) is 0 Å². The number of thioether (sulfide) groups is 1. The topological polar surface area (TPSA) is 32.3 Å². The summed E-state index contributed by atoms with van der Waals surface area (Å²) >= 11 is 1.79. The third-order valence-electron chi connectivity index (χ3n) is 2.99. The zero-order chi connectivity index (χ0) is 12.9. The van der Waals surface area contributed by atoms with E-state index in [-0.39, 0.29) is 12.1 Å². The second-order valence-corrected chi connectivity index (χ2v) is 5.83. The van der Waals surface area contributed by atoms with Crippen molar-refractivity contribution in [2.45, 2.75) is 38.1 Å². The molecule has 2 N–H and O–H groups in total. The molecule has 96 valence electrons. The van der Waals surface area contributed by atoms with E-state index in [9.17, 15) is 5.11 Å². The summed E-state index contributed by atoms with van der Waals surface area (Å²) in [4.78, 5) is 1.27. The molecule has 3 heteroatoms. The molecule has 0 bridgehead atoms. The summed E-state index contributed by atoms with van der Waals surface area (Å²) in [7, 11) is 0. The van der Waals surface area contributed by atoms with Gasteiger partial charge in [0, 0.05) is 16.2 Å². The molecule has 0 aromatic heterocycles. The van der Waals surface area contributed by atoms with Crippen molar-refractivity contribution in [2.75, 3.05) is 18.9 Å². The molecule has 1 aromatic rings. The quantitative estimate of drug-likeness (QED) is 0.765. The minimum atomic E-state index is -0.196. The van der Waals surface area contributed by atoms with Gasteiger partial charge in [-0.1, -0.05) is 13.0 Å². The lowest BCUT2D eigenvalue weighted by Gasteiger charge is -2.27. The van der Waals surface area contributed by atoms with Gasteiger partial charge in [-0.3, -0.25) is 0 Å². The SMILES string of the molecule is CCNC(C)(CO)CSc1ccc(C)c(C)c1. The Morgan fingerprint density at radius 1 is 1.29 bits per heavy atom. The minimum Gasteiger partial charge on any atom is -0.394 e. The maximum absolute atomic E-state index is 9.42. The largest absolute Gasteiger partial charge is 0.394 e. The summed E-state index contributed by atoms with van der Waals surface area (Å²) in [6, 6.07) is 6.52. The summed E-state index contributed by atoms with van der Waals surface area (Å²) in [5.41, 5.74) is 2.45. The molecule has 0 fully saturated rings. The summed E-state index contributed by atoms with van der Waals surface area (Å²) in [5.74, 6) is 0.875. The lowest BCUT2D eigenvalue weighted by atomic mass is 10.1. The summed E-state index contributed by atoms with van der Waals surface area (Å²) in [6.45, 7) is 9.43. The smallest absolute Gasteiger partial charge is 0.0618 e. The van der Waals surface area contributed by atoms with Gasteiger partial charge in [-0.15, -0.1) is 11.8 Å². The lowest BCUT2D eigenvalue weighted by molar-refractivity contribution is 0.194. The van der Waals surface area contributed by atoms with Crippen LogP contribution in [-0.2, 0) is 0 Å². The van der Waals surface area contributed by atoms with Crippen LogP contribution in [0.5, 0.6) is 0 Å². The van der Waals surface area contributed by atoms with Crippen LogP contribution in [0, 0.1) is 13.8 Å². The number of aliphatic hydroxyl groups excluding tert-OH is 1. The zero-order valence-corrected chi connectivity index (χ0v) is 12.0. The molecule has 1 rings (SSSR count). The van der Waals surface area contributed by atoms with Crippen LogP contribution in [0.15, 0.2) is 23.1 Å². The van der Waals surface area contributed by atoms with Gasteiger partial charge in [-0.05, 0) is 50.6 Å². The number of rotatable bonds is 6. The van der Waals surface area contributed by atoms with Gasteiger partial charge in [-0.2, -0.15) is 0 Å². The van der Waals surface area contributed by atoms with Crippen LogP contribution in [0.4, 0.5) is 0 Å². The van der Waals surface area contributed by atoms with Crippen LogP contribution in [0.3, 0.4) is 0 Å². The number of likely N-dealkylation sites (N-methyl/N-ethyl adjacent to an activating group) is 1. The van der Waals surface area contributed by atoms with Crippen LogP contribution in [0.1, 0.15) is 25.0 Å². The highest BCUT2D eigenvalue weighted by atomic mass is 32.2. The molecular weight excluding hydrogens is 230 g/mol. The highest BCUT2D eigenvalue weighted by Gasteiger charge is 2.21. The van der Waals surface area contributed by atoms with E-state index in [4.69, 9.17) is 0 Å². The van der Waals surface area contributed by atoms with Gasteiger partial charge < -0.3 is 10.4 Å². The second kappa shape index (κ2) is 6.43. The van der Waals surface area contributed by atoms with E-state index in [1.165, 1.54) is 16.0 Å². The number of aryl methyl sites for hydroxylation is 2. The number of aliphatic hydroxyl groups is 1. The number of hydrogen-bond acceptors (Lipinski definition) is 3. The van der Waals surface area contributed by atoms with Crippen LogP contribution < -0.4 is 5.32 Å². The standard InChI is InChI=1S/C14H23NOS/c1-5-15-14(4,9-16)10-17-13-7-6-11(2)12(3)8-13/h6-8,15-16H,5,9-10H2,1-4H3. The third-order valence-corrected chi connectivity index (χ3v) is 4.36. The van der Waals surface area contributed by atoms with Crippen molar-refractivity contribution >= 4 is 11.8 Å². The number of nitrogens with one attached hydrogen (secondary N) is 1. The summed E-state index contributed by atoms with van der Waals surface area (Å²) < 4.78 is 0. The van der Waals surface area contributed by atoms with Crippen molar-refractivity contribution < 1.29 is 5.11 Å². The Labute approximate surface area is 109 Å². The predicted octanol–water partition coefficient (Wildman–Crippen LogP) is 2.76. The van der Waals surface area contributed by atoms with Crippen LogP contribution in [0.25, 0.3) is 0 Å². The van der Waals surface area contributed by atoms with E-state index < -0.39 is 0 Å². The highest BCUT2D eigenvalue weighted by molar-refractivity contribution is 7.99. The second-order valence-electron chi connectivity index (χ2n) is 4.78. The summed E-state index contributed by atoms with van der Waals surface area (Å²) in [6.07, 6.45) is 0. The van der Waals surface area contributed by atoms with Crippen LogP contribution in [0.2, 0.25) is 0 Å². The fraction of sp³-hybridized carbons (Fsp3) is 0.571. The average molecular weight is 253 g/mol. The molecule has 1 atom stereocenters. The molecule has 1 aromatic carbocycles. The maximum Gasteiger partial charge on any atom is 0.0618 e. The molecule has 0 amide bonds. The Balaban J connectivity index is 2.62. The molecule has 17 heavy (non-hydrogen) atoms.